The van der Waals surface area contributed by atoms with Gasteiger partial charge in [-0.2, -0.15) is 13.2 Å². The molecule has 0 radical (unpaired) electrons. The van der Waals surface area contributed by atoms with Gasteiger partial charge in [0.2, 0.25) is 0 Å². The first-order chi connectivity index (χ1) is 9.83. The third kappa shape index (κ3) is 5.37. The highest BCUT2D eigenvalue weighted by Crippen LogP contribution is 2.27. The molecule has 0 aromatic heterocycles. The molecular weight excluding hydrogens is 307 g/mol. The predicted octanol–water partition coefficient (Wildman–Crippen LogP) is 3.11. The minimum Gasteiger partial charge on any atom is -0.487 e. The number of aliphatic hydroxyl groups excluding tert-OH is 1. The summed E-state index contributed by atoms with van der Waals surface area (Å²) in [5, 5.41) is 9.95. The number of para-hydroxylation sites is 1. The predicted molar refractivity (Wildman–Crippen MR) is 73.6 cm³/mol. The summed E-state index contributed by atoms with van der Waals surface area (Å²) in [7, 11) is 0. The first-order valence-corrected chi connectivity index (χ1v) is 7.09. The summed E-state index contributed by atoms with van der Waals surface area (Å²) in [6.07, 6.45) is -6.34. The second-order valence-electron chi connectivity index (χ2n) is 5.19. The Bertz CT molecular complexity index is 470. The van der Waals surface area contributed by atoms with Gasteiger partial charge in [-0.25, -0.2) is 0 Å². The Kier molecular flexibility index (Phi) is 5.35. The molecule has 1 fully saturated rings. The van der Waals surface area contributed by atoms with E-state index in [-0.39, 0.29) is 12.6 Å². The summed E-state index contributed by atoms with van der Waals surface area (Å²) < 4.78 is 42.3. The highest BCUT2D eigenvalue weighted by Gasteiger charge is 2.33. The fraction of sp³-hybridized carbons (Fsp3) is 0.571. The van der Waals surface area contributed by atoms with E-state index in [1.54, 1.807) is 29.2 Å². The van der Waals surface area contributed by atoms with Crippen LogP contribution < -0.4 is 4.74 Å². The van der Waals surface area contributed by atoms with Gasteiger partial charge in [-0.1, -0.05) is 23.7 Å². The molecule has 2 atom stereocenters. The second kappa shape index (κ2) is 6.85. The van der Waals surface area contributed by atoms with Crippen LogP contribution in [0.2, 0.25) is 5.02 Å². The zero-order valence-electron chi connectivity index (χ0n) is 11.3. The van der Waals surface area contributed by atoms with E-state index in [0.717, 1.165) is 0 Å². The smallest absolute Gasteiger partial charge is 0.391 e. The molecule has 0 bridgehead atoms. The molecule has 0 aliphatic carbocycles. The number of hydrogen-bond acceptors (Lipinski definition) is 3. The maximum atomic E-state index is 12.2. The molecule has 1 N–H and O–H groups in total. The lowest BCUT2D eigenvalue weighted by Gasteiger charge is -2.21. The van der Waals surface area contributed by atoms with Gasteiger partial charge in [-0.3, -0.25) is 4.90 Å². The van der Waals surface area contributed by atoms with E-state index in [9.17, 15) is 18.3 Å². The molecule has 1 saturated heterocycles. The molecule has 1 aliphatic heterocycles. The Balaban J connectivity index is 1.80. The monoisotopic (exact) mass is 323 g/mol. The summed E-state index contributed by atoms with van der Waals surface area (Å²) in [6, 6.07) is 7.07. The molecule has 0 amide bonds. The molecule has 0 spiro atoms. The van der Waals surface area contributed by atoms with E-state index in [0.29, 0.717) is 30.3 Å². The number of rotatable bonds is 5. The minimum atomic E-state index is -4.34. The van der Waals surface area contributed by atoms with Gasteiger partial charge in [-0.05, 0) is 18.6 Å². The maximum Gasteiger partial charge on any atom is 0.391 e. The minimum absolute atomic E-state index is 0.00188. The Labute approximate surface area is 126 Å². The first-order valence-electron chi connectivity index (χ1n) is 6.72. The normalized spacial score (nSPS) is 21.5. The number of nitrogens with zero attached hydrogens (tertiary/aromatic N) is 1. The van der Waals surface area contributed by atoms with Crippen molar-refractivity contribution in [3.63, 3.8) is 0 Å². The molecular formula is C14H17ClF3NO2. The fourth-order valence-electron chi connectivity index (χ4n) is 2.41. The summed E-state index contributed by atoms with van der Waals surface area (Å²) in [5.41, 5.74) is 0. The van der Waals surface area contributed by atoms with Crippen molar-refractivity contribution < 1.29 is 23.0 Å². The molecule has 2 rings (SSSR count). The zero-order valence-corrected chi connectivity index (χ0v) is 12.1. The van der Waals surface area contributed by atoms with Crippen LogP contribution in [0.3, 0.4) is 0 Å². The van der Waals surface area contributed by atoms with Crippen molar-refractivity contribution in [3.05, 3.63) is 29.3 Å². The van der Waals surface area contributed by atoms with E-state index >= 15 is 0 Å². The van der Waals surface area contributed by atoms with Gasteiger partial charge >= 0.3 is 6.18 Å². The molecule has 0 unspecified atom stereocenters. The van der Waals surface area contributed by atoms with Crippen LogP contribution in [-0.2, 0) is 0 Å². The average molecular weight is 324 g/mol. The summed E-state index contributed by atoms with van der Waals surface area (Å²) >= 11 is 5.99. The number of hydrogen-bond donors (Lipinski definition) is 1. The zero-order chi connectivity index (χ0) is 15.5. The summed E-state index contributed by atoms with van der Waals surface area (Å²) in [4.78, 5) is 1.78. The van der Waals surface area contributed by atoms with Crippen LogP contribution in [0.4, 0.5) is 13.2 Å². The molecule has 0 saturated carbocycles. The van der Waals surface area contributed by atoms with Crippen molar-refractivity contribution in [2.24, 2.45) is 0 Å². The SMILES string of the molecule is O[C@H](CN1CC[C@@H](Oc2ccccc2Cl)C1)CC(F)(F)F. The molecule has 21 heavy (non-hydrogen) atoms. The molecule has 118 valence electrons. The lowest BCUT2D eigenvalue weighted by atomic mass is 10.2. The molecule has 1 aliphatic rings. The van der Waals surface area contributed by atoms with Crippen LogP contribution in [0.25, 0.3) is 0 Å². The van der Waals surface area contributed by atoms with Crippen molar-refractivity contribution in [2.45, 2.75) is 31.2 Å². The highest BCUT2D eigenvalue weighted by atomic mass is 35.5. The van der Waals surface area contributed by atoms with Crippen molar-refractivity contribution in [1.82, 2.24) is 4.90 Å². The Hall–Kier alpha value is -0.980. The van der Waals surface area contributed by atoms with Crippen LogP contribution in [-0.4, -0.2) is 48.0 Å². The van der Waals surface area contributed by atoms with Gasteiger partial charge in [0.1, 0.15) is 11.9 Å². The molecule has 1 heterocycles. The molecule has 1 aromatic carbocycles. The van der Waals surface area contributed by atoms with E-state index in [1.165, 1.54) is 0 Å². The van der Waals surface area contributed by atoms with Crippen molar-refractivity contribution in [2.75, 3.05) is 19.6 Å². The second-order valence-corrected chi connectivity index (χ2v) is 5.60. The Morgan fingerprint density at radius 2 is 2.10 bits per heavy atom. The standard InChI is InChI=1S/C14H17ClF3NO2/c15-12-3-1-2-4-13(12)21-11-5-6-19(9-11)8-10(20)7-14(16,17)18/h1-4,10-11,20H,5-9H2/t10-,11+/m0/s1. The van der Waals surface area contributed by atoms with Crippen LogP contribution in [0.15, 0.2) is 24.3 Å². The number of likely N-dealkylation sites (tertiary alicyclic amines) is 1. The highest BCUT2D eigenvalue weighted by molar-refractivity contribution is 6.32. The van der Waals surface area contributed by atoms with E-state index in [4.69, 9.17) is 16.3 Å². The summed E-state index contributed by atoms with van der Waals surface area (Å²) in [6.45, 7) is 1.09. The maximum absolute atomic E-state index is 12.2. The number of ether oxygens (including phenoxy) is 1. The third-order valence-corrected chi connectivity index (χ3v) is 3.61. The van der Waals surface area contributed by atoms with Crippen molar-refractivity contribution in [1.29, 1.82) is 0 Å². The lowest BCUT2D eigenvalue weighted by Crippen LogP contribution is -2.34. The fourth-order valence-corrected chi connectivity index (χ4v) is 2.59. The van der Waals surface area contributed by atoms with E-state index < -0.39 is 18.7 Å². The molecule has 7 heteroatoms. The number of halogens is 4. The topological polar surface area (TPSA) is 32.7 Å². The van der Waals surface area contributed by atoms with E-state index in [1.807, 2.05) is 0 Å². The Morgan fingerprint density at radius 1 is 1.38 bits per heavy atom. The first kappa shape index (κ1) is 16.4. The van der Waals surface area contributed by atoms with Crippen LogP contribution in [0, 0.1) is 0 Å². The van der Waals surface area contributed by atoms with E-state index in [2.05, 4.69) is 0 Å². The van der Waals surface area contributed by atoms with Crippen molar-refractivity contribution >= 4 is 11.6 Å². The lowest BCUT2D eigenvalue weighted by molar-refractivity contribution is -0.155. The van der Waals surface area contributed by atoms with Gasteiger partial charge in [0.25, 0.3) is 0 Å². The van der Waals surface area contributed by atoms with Crippen LogP contribution in [0.1, 0.15) is 12.8 Å². The van der Waals surface area contributed by atoms with Gasteiger partial charge in [0, 0.05) is 19.6 Å². The molecule has 1 aromatic rings. The third-order valence-electron chi connectivity index (χ3n) is 3.30. The van der Waals surface area contributed by atoms with Gasteiger partial charge in [0.15, 0.2) is 0 Å². The van der Waals surface area contributed by atoms with Gasteiger partial charge in [-0.15, -0.1) is 0 Å². The van der Waals surface area contributed by atoms with Crippen molar-refractivity contribution in [3.8, 4) is 5.75 Å². The Morgan fingerprint density at radius 3 is 2.76 bits per heavy atom. The summed E-state index contributed by atoms with van der Waals surface area (Å²) in [5.74, 6) is 0.571. The quantitative estimate of drug-likeness (QED) is 0.904. The molecule has 3 nitrogen and oxygen atoms in total. The van der Waals surface area contributed by atoms with Gasteiger partial charge < -0.3 is 9.84 Å². The van der Waals surface area contributed by atoms with Crippen LogP contribution >= 0.6 is 11.6 Å². The van der Waals surface area contributed by atoms with Crippen LogP contribution in [0.5, 0.6) is 5.75 Å². The largest absolute Gasteiger partial charge is 0.487 e. The average Bonchev–Trinajstić information content (AvgIpc) is 2.77. The van der Waals surface area contributed by atoms with Gasteiger partial charge in [0.05, 0.1) is 17.5 Å². The number of benzene rings is 1. The number of alkyl halides is 3. The number of β-amino-alcohol motifs (C(OH)–C–C–N with tert-alkyl or cyclic N) is 1. The number of aliphatic hydroxyl groups is 1.